The minimum atomic E-state index is -0.943. The monoisotopic (exact) mass is 297 g/mol. The molecular formula is C11H11N3O3S2. The normalized spacial score (nSPS) is 10.4. The van der Waals surface area contributed by atoms with Crippen molar-refractivity contribution >= 4 is 39.7 Å². The van der Waals surface area contributed by atoms with Crippen LogP contribution in [0.25, 0.3) is 0 Å². The van der Waals surface area contributed by atoms with Crippen molar-refractivity contribution in [3.05, 3.63) is 27.2 Å². The lowest BCUT2D eigenvalue weighted by molar-refractivity contribution is -0.136. The number of aryl methyl sites for hydroxylation is 1. The van der Waals surface area contributed by atoms with E-state index < -0.39 is 5.97 Å². The van der Waals surface area contributed by atoms with Crippen molar-refractivity contribution in [2.45, 2.75) is 19.8 Å². The molecule has 0 fully saturated rings. The number of rotatable bonds is 5. The van der Waals surface area contributed by atoms with Crippen molar-refractivity contribution in [1.29, 1.82) is 0 Å². The lowest BCUT2D eigenvalue weighted by atomic mass is 10.3. The molecule has 19 heavy (non-hydrogen) atoms. The number of nitrogens with zero attached hydrogens (tertiary/aromatic N) is 2. The first kappa shape index (κ1) is 13.6. The molecule has 0 saturated heterocycles. The second-order valence-corrected chi connectivity index (χ2v) is 5.72. The van der Waals surface area contributed by atoms with Gasteiger partial charge in [0.25, 0.3) is 0 Å². The van der Waals surface area contributed by atoms with Crippen molar-refractivity contribution in [3.63, 3.8) is 0 Å². The zero-order chi connectivity index (χ0) is 13.8. The number of hydrogen-bond acceptors (Lipinski definition) is 6. The van der Waals surface area contributed by atoms with Gasteiger partial charge in [0.2, 0.25) is 5.91 Å². The molecule has 0 radical (unpaired) electrons. The number of aromatic nitrogens is 2. The lowest BCUT2D eigenvalue weighted by Crippen LogP contribution is -2.14. The Kier molecular flexibility index (Phi) is 4.23. The highest BCUT2D eigenvalue weighted by atomic mass is 32.1. The molecule has 0 aliphatic rings. The number of thiazole rings is 2. The Balaban J connectivity index is 1.91. The third-order valence-corrected chi connectivity index (χ3v) is 3.77. The summed E-state index contributed by atoms with van der Waals surface area (Å²) in [5.74, 6) is -1.15. The first-order valence-electron chi connectivity index (χ1n) is 5.40. The van der Waals surface area contributed by atoms with Crippen molar-refractivity contribution in [1.82, 2.24) is 9.97 Å². The molecule has 1 amide bonds. The van der Waals surface area contributed by atoms with Gasteiger partial charge in [-0.2, -0.15) is 0 Å². The smallest absolute Gasteiger partial charge is 0.309 e. The van der Waals surface area contributed by atoms with Crippen LogP contribution in [0, 0.1) is 6.92 Å². The van der Waals surface area contributed by atoms with Crippen LogP contribution in [0.2, 0.25) is 0 Å². The van der Waals surface area contributed by atoms with Crippen molar-refractivity contribution in [2.75, 3.05) is 5.32 Å². The van der Waals surface area contributed by atoms with E-state index in [4.69, 9.17) is 5.11 Å². The Morgan fingerprint density at radius 1 is 1.21 bits per heavy atom. The highest BCUT2D eigenvalue weighted by molar-refractivity contribution is 7.14. The molecule has 0 saturated carbocycles. The van der Waals surface area contributed by atoms with Gasteiger partial charge in [-0.25, -0.2) is 9.97 Å². The minimum Gasteiger partial charge on any atom is -0.481 e. The molecule has 0 aromatic carbocycles. The summed E-state index contributed by atoms with van der Waals surface area (Å²) in [6, 6.07) is 0. The van der Waals surface area contributed by atoms with Gasteiger partial charge in [-0.1, -0.05) is 0 Å². The van der Waals surface area contributed by atoms with Crippen LogP contribution in [0.1, 0.15) is 16.4 Å². The van der Waals surface area contributed by atoms with Gasteiger partial charge in [0, 0.05) is 10.8 Å². The van der Waals surface area contributed by atoms with E-state index in [9.17, 15) is 9.59 Å². The van der Waals surface area contributed by atoms with Gasteiger partial charge in [-0.15, -0.1) is 22.7 Å². The molecule has 2 rings (SSSR count). The Bertz CT molecular complexity index is 606. The lowest BCUT2D eigenvalue weighted by Gasteiger charge is -1.98. The number of carboxylic acid groups (broad SMARTS) is 1. The van der Waals surface area contributed by atoms with Gasteiger partial charge >= 0.3 is 5.97 Å². The zero-order valence-electron chi connectivity index (χ0n) is 10.0. The standard InChI is InChI=1S/C11H11N3O3S2/c1-6-12-7(4-18-6)2-9(15)14-11-13-8(5-19-11)3-10(16)17/h4-5H,2-3H2,1H3,(H,16,17)(H,13,14,15). The van der Waals surface area contributed by atoms with Gasteiger partial charge in [0.05, 0.1) is 29.2 Å². The van der Waals surface area contributed by atoms with Crippen LogP contribution >= 0.6 is 22.7 Å². The van der Waals surface area contributed by atoms with Crippen LogP contribution in [0.4, 0.5) is 5.13 Å². The average molecular weight is 297 g/mol. The summed E-state index contributed by atoms with van der Waals surface area (Å²) < 4.78 is 0. The van der Waals surface area contributed by atoms with Crippen molar-refractivity contribution < 1.29 is 14.7 Å². The summed E-state index contributed by atoms with van der Waals surface area (Å²) in [5.41, 5.74) is 1.17. The Labute approximate surface area is 117 Å². The Hall–Kier alpha value is -1.80. The molecule has 100 valence electrons. The maximum Gasteiger partial charge on any atom is 0.309 e. The average Bonchev–Trinajstić information content (AvgIpc) is 2.88. The number of amides is 1. The van der Waals surface area contributed by atoms with E-state index in [1.807, 2.05) is 12.3 Å². The SMILES string of the molecule is Cc1nc(CC(=O)Nc2nc(CC(=O)O)cs2)cs1. The van der Waals surface area contributed by atoms with Crippen molar-refractivity contribution in [3.8, 4) is 0 Å². The van der Waals surface area contributed by atoms with E-state index in [1.165, 1.54) is 22.7 Å². The second kappa shape index (κ2) is 5.89. The Morgan fingerprint density at radius 3 is 2.53 bits per heavy atom. The van der Waals surface area contributed by atoms with E-state index in [2.05, 4.69) is 15.3 Å². The summed E-state index contributed by atoms with van der Waals surface area (Å²) in [4.78, 5) is 30.5. The quantitative estimate of drug-likeness (QED) is 0.876. The molecule has 2 aromatic heterocycles. The number of aliphatic carboxylic acids is 1. The van der Waals surface area contributed by atoms with E-state index in [0.29, 0.717) is 10.8 Å². The van der Waals surface area contributed by atoms with E-state index in [1.54, 1.807) is 5.38 Å². The van der Waals surface area contributed by atoms with Gasteiger partial charge in [-0.05, 0) is 6.92 Å². The number of carbonyl (C=O) groups is 2. The van der Waals surface area contributed by atoms with E-state index in [-0.39, 0.29) is 18.7 Å². The molecule has 0 unspecified atom stereocenters. The molecule has 0 aliphatic heterocycles. The molecule has 6 nitrogen and oxygen atoms in total. The summed E-state index contributed by atoms with van der Waals surface area (Å²) in [7, 11) is 0. The maximum absolute atomic E-state index is 11.7. The third-order valence-electron chi connectivity index (χ3n) is 2.14. The molecule has 0 atom stereocenters. The number of nitrogens with one attached hydrogen (secondary N) is 1. The second-order valence-electron chi connectivity index (χ2n) is 3.80. The summed E-state index contributed by atoms with van der Waals surface area (Å²) in [6.07, 6.45) is 0.0514. The minimum absolute atomic E-state index is 0.141. The number of carboxylic acids is 1. The molecular weight excluding hydrogens is 286 g/mol. The van der Waals surface area contributed by atoms with Gasteiger partial charge in [0.1, 0.15) is 0 Å². The molecule has 0 spiro atoms. The first-order chi connectivity index (χ1) is 9.02. The third kappa shape index (κ3) is 4.11. The highest BCUT2D eigenvalue weighted by Gasteiger charge is 2.10. The summed E-state index contributed by atoms with van der Waals surface area (Å²) in [5, 5.41) is 16.0. The van der Waals surface area contributed by atoms with Crippen LogP contribution in [-0.2, 0) is 22.4 Å². The fourth-order valence-electron chi connectivity index (χ4n) is 1.42. The number of carbonyl (C=O) groups excluding carboxylic acids is 1. The number of anilines is 1. The highest BCUT2D eigenvalue weighted by Crippen LogP contribution is 2.16. The summed E-state index contributed by atoms with van der Waals surface area (Å²) in [6.45, 7) is 1.88. The van der Waals surface area contributed by atoms with Gasteiger partial charge < -0.3 is 10.4 Å². The number of hydrogen-bond donors (Lipinski definition) is 2. The molecule has 8 heteroatoms. The van der Waals surface area contributed by atoms with Crippen molar-refractivity contribution in [2.24, 2.45) is 0 Å². The van der Waals surface area contributed by atoms with E-state index >= 15 is 0 Å². The molecule has 2 aromatic rings. The molecule has 2 heterocycles. The van der Waals surface area contributed by atoms with Crippen LogP contribution < -0.4 is 5.32 Å². The molecule has 2 N–H and O–H groups in total. The zero-order valence-corrected chi connectivity index (χ0v) is 11.7. The van der Waals surface area contributed by atoms with E-state index in [0.717, 1.165) is 10.7 Å². The van der Waals surface area contributed by atoms with Crippen LogP contribution in [-0.4, -0.2) is 27.0 Å². The first-order valence-corrected chi connectivity index (χ1v) is 7.16. The summed E-state index contributed by atoms with van der Waals surface area (Å²) >= 11 is 2.71. The van der Waals surface area contributed by atoms with Gasteiger partial charge in [-0.3, -0.25) is 9.59 Å². The largest absolute Gasteiger partial charge is 0.481 e. The maximum atomic E-state index is 11.7. The topological polar surface area (TPSA) is 92.2 Å². The van der Waals surface area contributed by atoms with Gasteiger partial charge in [0.15, 0.2) is 5.13 Å². The molecule has 0 aliphatic carbocycles. The molecule has 0 bridgehead atoms. The predicted octanol–water partition coefficient (Wildman–Crippen LogP) is 1.72. The Morgan fingerprint density at radius 2 is 1.89 bits per heavy atom. The van der Waals surface area contributed by atoms with Crippen LogP contribution in [0.15, 0.2) is 10.8 Å². The van der Waals surface area contributed by atoms with Crippen LogP contribution in [0.3, 0.4) is 0 Å². The fraction of sp³-hybridized carbons (Fsp3) is 0.273. The predicted molar refractivity (Wildman–Crippen MR) is 72.6 cm³/mol. The van der Waals surface area contributed by atoms with Crippen LogP contribution in [0.5, 0.6) is 0 Å². The fourth-order valence-corrected chi connectivity index (χ4v) is 2.76.